The van der Waals surface area contributed by atoms with Gasteiger partial charge in [-0.2, -0.15) is 8.78 Å². The van der Waals surface area contributed by atoms with E-state index < -0.39 is 22.9 Å². The number of halogens is 2. The molecular weight excluding hydrogens is 506 g/mol. The third-order valence-corrected chi connectivity index (χ3v) is 7.37. The van der Waals surface area contributed by atoms with E-state index in [1.807, 2.05) is 32.2 Å². The quantitative estimate of drug-likeness (QED) is 0.380. The molecule has 1 aliphatic rings. The van der Waals surface area contributed by atoms with Crippen molar-refractivity contribution in [2.45, 2.75) is 32.2 Å². The largest absolute Gasteiger partial charge is 0.396 e. The van der Waals surface area contributed by atoms with Crippen LogP contribution in [-0.2, 0) is 17.1 Å². The number of nitrogens with one attached hydrogen (secondary N) is 1. The topological polar surface area (TPSA) is 108 Å². The Balaban J connectivity index is 1.52. The summed E-state index contributed by atoms with van der Waals surface area (Å²) in [7, 11) is 1.96. The lowest BCUT2D eigenvalue weighted by Gasteiger charge is -2.45. The maximum Gasteiger partial charge on any atom is 0.286 e. The zero-order valence-corrected chi connectivity index (χ0v) is 22.3. The van der Waals surface area contributed by atoms with Crippen LogP contribution in [0.15, 0.2) is 54.9 Å². The zero-order valence-electron chi connectivity index (χ0n) is 22.3. The Hall–Kier alpha value is -3.31. The fourth-order valence-electron chi connectivity index (χ4n) is 4.90. The Morgan fingerprint density at radius 1 is 1.15 bits per heavy atom. The number of hydrogen-bond acceptors (Lipinski definition) is 7. The van der Waals surface area contributed by atoms with Crippen molar-refractivity contribution in [3.05, 3.63) is 77.4 Å². The highest BCUT2D eigenvalue weighted by Crippen LogP contribution is 2.32. The summed E-state index contributed by atoms with van der Waals surface area (Å²) in [5.74, 6) is -3.67. The molecule has 1 fully saturated rings. The second kappa shape index (κ2) is 11.8. The summed E-state index contributed by atoms with van der Waals surface area (Å²) < 4.78 is 32.9. The fraction of sp³-hybridized carbons (Fsp3) is 0.414. The van der Waals surface area contributed by atoms with E-state index in [0.717, 1.165) is 41.9 Å². The van der Waals surface area contributed by atoms with Crippen LogP contribution in [0.25, 0.3) is 11.1 Å². The molecule has 10 heteroatoms. The molecule has 0 bridgehead atoms. The molecular formula is C29H34F2N4O4. The van der Waals surface area contributed by atoms with E-state index in [9.17, 15) is 23.8 Å². The van der Waals surface area contributed by atoms with Crippen LogP contribution >= 0.6 is 0 Å². The maximum absolute atomic E-state index is 13.6. The number of aryl methyl sites for hydroxylation is 1. The highest BCUT2D eigenvalue weighted by atomic mass is 19.3. The second-order valence-electron chi connectivity index (χ2n) is 10.3. The lowest BCUT2D eigenvalue weighted by molar-refractivity contribution is -0.0889. The van der Waals surface area contributed by atoms with Crippen molar-refractivity contribution in [3.63, 3.8) is 0 Å². The number of benzene rings is 1. The molecule has 1 atom stereocenters. The van der Waals surface area contributed by atoms with E-state index in [1.165, 1.54) is 12.3 Å². The lowest BCUT2D eigenvalue weighted by atomic mass is 9.76. The molecule has 3 aromatic rings. The van der Waals surface area contributed by atoms with Crippen molar-refractivity contribution in [1.29, 1.82) is 0 Å². The molecule has 208 valence electrons. The molecule has 0 spiro atoms. The summed E-state index contributed by atoms with van der Waals surface area (Å²) in [5, 5.41) is 23.3. The number of alkyl halides is 2. The normalized spacial score (nSPS) is 16.7. The van der Waals surface area contributed by atoms with E-state index in [-0.39, 0.29) is 24.8 Å². The Kier molecular flexibility index (Phi) is 8.70. The van der Waals surface area contributed by atoms with Crippen LogP contribution in [0.4, 0.5) is 14.5 Å². The average Bonchev–Trinajstić information content (AvgIpc) is 2.93. The molecule has 1 aromatic carbocycles. The van der Waals surface area contributed by atoms with Crippen molar-refractivity contribution < 1.29 is 28.5 Å². The number of rotatable bonds is 9. The third-order valence-electron chi connectivity index (χ3n) is 7.37. The molecule has 39 heavy (non-hydrogen) atoms. The molecule has 0 aliphatic carbocycles. The number of nitrogens with zero attached hydrogens (tertiary/aromatic N) is 3. The van der Waals surface area contributed by atoms with Gasteiger partial charge in [-0.25, -0.2) is 0 Å². The van der Waals surface area contributed by atoms with E-state index in [1.54, 1.807) is 18.3 Å². The van der Waals surface area contributed by atoms with E-state index >= 15 is 0 Å². The minimum Gasteiger partial charge on any atom is -0.396 e. The van der Waals surface area contributed by atoms with Crippen LogP contribution in [0, 0.1) is 12.3 Å². The predicted octanol–water partition coefficient (Wildman–Crippen LogP) is 3.66. The average molecular weight is 541 g/mol. The molecule has 2 aromatic heterocycles. The summed E-state index contributed by atoms with van der Waals surface area (Å²) in [4.78, 5) is 23.2. The summed E-state index contributed by atoms with van der Waals surface area (Å²) in [6, 6.07) is 11.5. The van der Waals surface area contributed by atoms with Gasteiger partial charge in [-0.3, -0.25) is 19.7 Å². The highest BCUT2D eigenvalue weighted by molar-refractivity contribution is 6.04. The van der Waals surface area contributed by atoms with Gasteiger partial charge in [-0.1, -0.05) is 12.1 Å². The number of carbonyl (C=O) groups is 1. The van der Waals surface area contributed by atoms with Gasteiger partial charge in [0.05, 0.1) is 26.4 Å². The minimum atomic E-state index is -3.15. The molecule has 1 amide bonds. The Morgan fingerprint density at radius 3 is 2.56 bits per heavy atom. The highest BCUT2D eigenvalue weighted by Gasteiger charge is 2.42. The van der Waals surface area contributed by atoms with E-state index in [0.29, 0.717) is 25.3 Å². The van der Waals surface area contributed by atoms with Gasteiger partial charge < -0.3 is 20.3 Å². The molecule has 8 nitrogen and oxygen atoms in total. The molecule has 4 rings (SSSR count). The fourth-order valence-corrected chi connectivity index (χ4v) is 4.90. The van der Waals surface area contributed by atoms with Gasteiger partial charge in [0.25, 0.3) is 11.8 Å². The Labute approximate surface area is 226 Å². The number of aromatic nitrogens is 2. The smallest absolute Gasteiger partial charge is 0.286 e. The van der Waals surface area contributed by atoms with Gasteiger partial charge in [0.15, 0.2) is 0 Å². The number of ether oxygens (including phenoxy) is 1. The molecule has 1 aliphatic heterocycles. The first kappa shape index (κ1) is 28.7. The minimum absolute atomic E-state index is 0.0833. The summed E-state index contributed by atoms with van der Waals surface area (Å²) >= 11 is 0. The van der Waals surface area contributed by atoms with Gasteiger partial charge in [0, 0.05) is 66.2 Å². The van der Waals surface area contributed by atoms with Gasteiger partial charge in [0.1, 0.15) is 5.69 Å². The number of morpholine rings is 1. The first-order chi connectivity index (χ1) is 18.6. The molecule has 1 saturated heterocycles. The van der Waals surface area contributed by atoms with Crippen LogP contribution in [0.3, 0.4) is 0 Å². The van der Waals surface area contributed by atoms with E-state index in [2.05, 4.69) is 20.2 Å². The van der Waals surface area contributed by atoms with Crippen molar-refractivity contribution in [2.24, 2.45) is 5.41 Å². The molecule has 0 radical (unpaired) electrons. The Morgan fingerprint density at radius 2 is 1.92 bits per heavy atom. The van der Waals surface area contributed by atoms with Crippen molar-refractivity contribution in [2.75, 3.05) is 45.3 Å². The number of likely N-dealkylation sites (N-methyl/N-ethyl adjacent to an activating group) is 1. The SMILES string of the molecule is Cc1ccc(NC(=O)c2ccnc(C(C)(F)F)c2)cc1-c1ccc(CC(CO)(CO)C2COCCN2C)nc1. The number of hydrogen-bond donors (Lipinski definition) is 3. The van der Waals surface area contributed by atoms with Gasteiger partial charge in [0.2, 0.25) is 0 Å². The van der Waals surface area contributed by atoms with Gasteiger partial charge >= 0.3 is 0 Å². The number of pyridine rings is 2. The van der Waals surface area contributed by atoms with Crippen molar-refractivity contribution in [1.82, 2.24) is 14.9 Å². The van der Waals surface area contributed by atoms with Gasteiger partial charge in [-0.15, -0.1) is 0 Å². The first-order valence-corrected chi connectivity index (χ1v) is 12.8. The van der Waals surface area contributed by atoms with Crippen molar-refractivity contribution >= 4 is 11.6 Å². The number of anilines is 1. The van der Waals surface area contributed by atoms with E-state index in [4.69, 9.17) is 4.74 Å². The molecule has 0 saturated carbocycles. The predicted molar refractivity (Wildman–Crippen MR) is 144 cm³/mol. The van der Waals surface area contributed by atoms with Crippen LogP contribution < -0.4 is 5.32 Å². The van der Waals surface area contributed by atoms with Crippen LogP contribution in [0.1, 0.15) is 34.2 Å². The van der Waals surface area contributed by atoms with Crippen LogP contribution in [0.5, 0.6) is 0 Å². The summed E-state index contributed by atoms with van der Waals surface area (Å²) in [6.07, 6.45) is 3.29. The van der Waals surface area contributed by atoms with Crippen molar-refractivity contribution in [3.8, 4) is 11.1 Å². The second-order valence-corrected chi connectivity index (χ2v) is 10.3. The number of aliphatic hydroxyl groups is 2. The monoisotopic (exact) mass is 540 g/mol. The summed E-state index contributed by atoms with van der Waals surface area (Å²) in [5.41, 5.74) is 2.66. The Bertz CT molecular complexity index is 1290. The number of aliphatic hydroxyl groups excluding tert-OH is 2. The lowest BCUT2D eigenvalue weighted by Crippen LogP contribution is -2.57. The maximum atomic E-state index is 13.6. The molecule has 3 heterocycles. The molecule has 1 unspecified atom stereocenters. The standard InChI is InChI=1S/C29H34F2N4O4/c1-19-4-6-22(34-27(38)20-8-9-32-25(12-20)28(2,30)31)13-24(19)21-5-7-23(33-15-21)14-29(17-36,18-37)26-16-39-11-10-35(26)3/h4-9,12-13,15,26,36-37H,10-11,14,16-18H2,1-3H3,(H,34,38). The number of carbonyl (C=O) groups excluding carboxylic acids is 1. The third kappa shape index (κ3) is 6.47. The first-order valence-electron chi connectivity index (χ1n) is 12.8. The van der Waals surface area contributed by atoms with Gasteiger partial charge in [-0.05, 0) is 55.4 Å². The van der Waals surface area contributed by atoms with Crippen LogP contribution in [0.2, 0.25) is 0 Å². The number of amides is 1. The van der Waals surface area contributed by atoms with Crippen LogP contribution in [-0.4, -0.2) is 77.0 Å². The molecule has 3 N–H and O–H groups in total. The summed E-state index contributed by atoms with van der Waals surface area (Å²) in [6.45, 7) is 4.02. The zero-order chi connectivity index (χ0) is 28.2.